The Hall–Kier alpha value is -0.130. The molecule has 5 heteroatoms. The first-order valence-electron chi connectivity index (χ1n) is 7.11. The van der Waals surface area contributed by atoms with Crippen LogP contribution >= 0.6 is 0 Å². The van der Waals surface area contributed by atoms with E-state index in [2.05, 4.69) is 11.8 Å². The van der Waals surface area contributed by atoms with Crippen molar-refractivity contribution in [1.29, 1.82) is 0 Å². The van der Waals surface area contributed by atoms with Gasteiger partial charge >= 0.3 is 0 Å². The van der Waals surface area contributed by atoms with Gasteiger partial charge in [0.2, 0.25) is 0 Å². The predicted molar refractivity (Wildman–Crippen MR) is 74.3 cm³/mol. The lowest BCUT2D eigenvalue weighted by Gasteiger charge is -2.45. The zero-order valence-electron chi connectivity index (χ0n) is 11.6. The largest absolute Gasteiger partial charge is 0.329 e. The van der Waals surface area contributed by atoms with Crippen LogP contribution in [0, 0.1) is 0 Å². The molecular weight excluding hydrogens is 248 g/mol. The van der Waals surface area contributed by atoms with Crippen LogP contribution in [0.5, 0.6) is 0 Å². The monoisotopic (exact) mass is 274 g/mol. The van der Waals surface area contributed by atoms with Crippen LogP contribution in [0.3, 0.4) is 0 Å². The fourth-order valence-corrected chi connectivity index (χ4v) is 5.90. The highest BCUT2D eigenvalue weighted by Crippen LogP contribution is 2.42. The second-order valence-corrected chi connectivity index (χ2v) is 8.14. The number of hydrogen-bond acceptors (Lipinski definition) is 4. The van der Waals surface area contributed by atoms with Gasteiger partial charge in [0.1, 0.15) is 0 Å². The van der Waals surface area contributed by atoms with E-state index in [1.807, 2.05) is 0 Å². The van der Waals surface area contributed by atoms with E-state index in [9.17, 15) is 8.42 Å². The van der Waals surface area contributed by atoms with Crippen LogP contribution in [-0.4, -0.2) is 49.5 Å². The Morgan fingerprint density at radius 3 is 2.61 bits per heavy atom. The van der Waals surface area contributed by atoms with E-state index >= 15 is 0 Å². The van der Waals surface area contributed by atoms with Gasteiger partial charge in [0.05, 0.1) is 10.8 Å². The maximum absolute atomic E-state index is 12.1. The quantitative estimate of drug-likeness (QED) is 0.835. The SMILES string of the molecule is CCC1CCCN1C1(CN)CCCC1S(C)(=O)=O. The van der Waals surface area contributed by atoms with Crippen molar-refractivity contribution in [2.75, 3.05) is 19.3 Å². The molecule has 0 amide bonds. The van der Waals surface area contributed by atoms with Crippen molar-refractivity contribution in [3.05, 3.63) is 0 Å². The van der Waals surface area contributed by atoms with Gasteiger partial charge in [0.15, 0.2) is 9.84 Å². The minimum absolute atomic E-state index is 0.262. The number of likely N-dealkylation sites (tertiary alicyclic amines) is 1. The Morgan fingerprint density at radius 1 is 1.33 bits per heavy atom. The Bertz CT molecular complexity index is 396. The lowest BCUT2D eigenvalue weighted by atomic mass is 9.93. The summed E-state index contributed by atoms with van der Waals surface area (Å²) in [6.07, 6.45) is 7.55. The third-order valence-electron chi connectivity index (χ3n) is 4.97. The molecule has 1 aliphatic heterocycles. The third kappa shape index (κ3) is 2.21. The van der Waals surface area contributed by atoms with Crippen molar-refractivity contribution >= 4 is 9.84 Å². The van der Waals surface area contributed by atoms with Crippen LogP contribution in [0.1, 0.15) is 45.4 Å². The van der Waals surface area contributed by atoms with Gasteiger partial charge in [0.25, 0.3) is 0 Å². The summed E-state index contributed by atoms with van der Waals surface area (Å²) in [7, 11) is -3.01. The molecule has 0 aromatic rings. The van der Waals surface area contributed by atoms with Gasteiger partial charge in [-0.15, -0.1) is 0 Å². The Labute approximate surface area is 111 Å². The van der Waals surface area contributed by atoms with Crippen LogP contribution in [0.25, 0.3) is 0 Å². The number of nitrogens with two attached hydrogens (primary N) is 1. The summed E-state index contributed by atoms with van der Waals surface area (Å²) in [5, 5.41) is -0.262. The third-order valence-corrected chi connectivity index (χ3v) is 6.67. The molecule has 18 heavy (non-hydrogen) atoms. The molecule has 2 N–H and O–H groups in total. The van der Waals surface area contributed by atoms with E-state index < -0.39 is 9.84 Å². The van der Waals surface area contributed by atoms with E-state index in [0.29, 0.717) is 12.6 Å². The van der Waals surface area contributed by atoms with Gasteiger partial charge in [-0.2, -0.15) is 0 Å². The van der Waals surface area contributed by atoms with E-state index in [1.165, 1.54) is 19.1 Å². The van der Waals surface area contributed by atoms with Gasteiger partial charge in [-0.25, -0.2) is 8.42 Å². The van der Waals surface area contributed by atoms with Gasteiger partial charge in [-0.1, -0.05) is 13.3 Å². The first kappa shape index (κ1) is 14.3. The second kappa shape index (κ2) is 5.10. The van der Waals surface area contributed by atoms with E-state index in [-0.39, 0.29) is 10.8 Å². The summed E-state index contributed by atoms with van der Waals surface area (Å²) >= 11 is 0. The molecular formula is C13H26N2O2S. The van der Waals surface area contributed by atoms with E-state index in [0.717, 1.165) is 32.2 Å². The van der Waals surface area contributed by atoms with Crippen molar-refractivity contribution in [3.63, 3.8) is 0 Å². The summed E-state index contributed by atoms with van der Waals surface area (Å²) in [6.45, 7) is 3.68. The molecule has 1 aliphatic carbocycles. The molecule has 3 atom stereocenters. The maximum Gasteiger partial charge on any atom is 0.152 e. The van der Waals surface area contributed by atoms with E-state index in [4.69, 9.17) is 5.73 Å². The van der Waals surface area contributed by atoms with Crippen LogP contribution in [0.15, 0.2) is 0 Å². The number of hydrogen-bond donors (Lipinski definition) is 1. The second-order valence-electron chi connectivity index (χ2n) is 5.92. The van der Waals surface area contributed by atoms with Crippen molar-refractivity contribution in [2.45, 2.75) is 62.3 Å². The molecule has 0 aromatic heterocycles. The highest BCUT2D eigenvalue weighted by Gasteiger charge is 2.53. The predicted octanol–water partition coefficient (Wildman–Crippen LogP) is 1.16. The normalized spacial score (nSPS) is 38.4. The summed E-state index contributed by atoms with van der Waals surface area (Å²) in [5.41, 5.74) is 5.76. The smallest absolute Gasteiger partial charge is 0.152 e. The maximum atomic E-state index is 12.1. The first-order valence-corrected chi connectivity index (χ1v) is 9.07. The highest BCUT2D eigenvalue weighted by molar-refractivity contribution is 7.91. The Morgan fingerprint density at radius 2 is 2.06 bits per heavy atom. The molecule has 3 unspecified atom stereocenters. The molecule has 0 bridgehead atoms. The average molecular weight is 274 g/mol. The topological polar surface area (TPSA) is 63.4 Å². The van der Waals surface area contributed by atoms with Crippen molar-refractivity contribution in [3.8, 4) is 0 Å². The minimum Gasteiger partial charge on any atom is -0.329 e. The minimum atomic E-state index is -3.01. The van der Waals surface area contributed by atoms with Gasteiger partial charge in [-0.05, 0) is 38.6 Å². The molecule has 0 radical (unpaired) electrons. The average Bonchev–Trinajstić information content (AvgIpc) is 2.94. The summed E-state index contributed by atoms with van der Waals surface area (Å²) < 4.78 is 24.2. The molecule has 1 heterocycles. The molecule has 1 saturated heterocycles. The Kier molecular flexibility index (Phi) is 4.04. The lowest BCUT2D eigenvalue weighted by molar-refractivity contribution is 0.0856. The molecule has 106 valence electrons. The number of sulfone groups is 1. The fourth-order valence-electron chi connectivity index (χ4n) is 4.16. The highest BCUT2D eigenvalue weighted by atomic mass is 32.2. The summed E-state index contributed by atoms with van der Waals surface area (Å²) in [5.74, 6) is 0. The molecule has 2 rings (SSSR count). The first-order chi connectivity index (χ1) is 8.45. The zero-order chi connectivity index (χ0) is 13.4. The summed E-state index contributed by atoms with van der Waals surface area (Å²) in [6, 6.07) is 0.524. The fraction of sp³-hybridized carbons (Fsp3) is 1.00. The Balaban J connectivity index is 2.35. The van der Waals surface area contributed by atoms with Crippen LogP contribution < -0.4 is 5.73 Å². The van der Waals surface area contributed by atoms with Crippen molar-refractivity contribution in [1.82, 2.24) is 4.90 Å². The van der Waals surface area contributed by atoms with Gasteiger partial charge in [-0.3, -0.25) is 4.90 Å². The van der Waals surface area contributed by atoms with Gasteiger partial charge < -0.3 is 5.73 Å². The van der Waals surface area contributed by atoms with E-state index in [1.54, 1.807) is 0 Å². The van der Waals surface area contributed by atoms with Crippen LogP contribution in [-0.2, 0) is 9.84 Å². The molecule has 1 saturated carbocycles. The van der Waals surface area contributed by atoms with Crippen molar-refractivity contribution < 1.29 is 8.42 Å². The summed E-state index contributed by atoms with van der Waals surface area (Å²) in [4.78, 5) is 2.44. The number of nitrogens with zero attached hydrogens (tertiary/aromatic N) is 1. The molecule has 4 nitrogen and oxygen atoms in total. The molecule has 0 aromatic carbocycles. The van der Waals surface area contributed by atoms with Gasteiger partial charge in [0, 0.05) is 18.8 Å². The van der Waals surface area contributed by atoms with Crippen LogP contribution in [0.2, 0.25) is 0 Å². The molecule has 2 aliphatic rings. The van der Waals surface area contributed by atoms with Crippen LogP contribution in [0.4, 0.5) is 0 Å². The molecule has 0 spiro atoms. The molecule has 2 fully saturated rings. The zero-order valence-corrected chi connectivity index (χ0v) is 12.4. The van der Waals surface area contributed by atoms with Crippen molar-refractivity contribution in [2.24, 2.45) is 5.73 Å². The lowest BCUT2D eigenvalue weighted by Crippen LogP contribution is -2.61. The standard InChI is InChI=1S/C13H26N2O2S/c1-3-11-6-5-9-15(11)13(10-14)8-4-7-12(13)18(2,16)17/h11-12H,3-10,14H2,1-2H3. The number of rotatable bonds is 4.